The first-order valence-electron chi connectivity index (χ1n) is 3.52. The number of nitrogens with two attached hydrogens (primary N) is 1. The highest BCUT2D eigenvalue weighted by Gasteiger charge is 1.94. The summed E-state index contributed by atoms with van der Waals surface area (Å²) in [5, 5.41) is 8.18. The van der Waals surface area contributed by atoms with Gasteiger partial charge in [0, 0.05) is 6.42 Å². The molecule has 0 heterocycles. The molecular formula is C8H15NO2. The average Bonchev–Trinajstić information content (AvgIpc) is 2.02. The molecule has 0 aliphatic rings. The van der Waals surface area contributed by atoms with Gasteiger partial charge >= 0.3 is 5.97 Å². The molecule has 0 aliphatic carbocycles. The van der Waals surface area contributed by atoms with Crippen LogP contribution in [0.2, 0.25) is 0 Å². The molecule has 0 aromatic carbocycles. The second-order valence-corrected chi connectivity index (χ2v) is 1.99. The predicted octanol–water partition coefficient (Wildman–Crippen LogP) is 0.840. The van der Waals surface area contributed by atoms with Gasteiger partial charge in [0.1, 0.15) is 0 Å². The Morgan fingerprint density at radius 3 is 2.18 bits per heavy atom. The van der Waals surface area contributed by atoms with Crippen molar-refractivity contribution in [2.45, 2.75) is 25.7 Å². The lowest BCUT2D eigenvalue weighted by Gasteiger charge is -1.93. The molecule has 0 radical (unpaired) electrons. The van der Waals surface area contributed by atoms with Gasteiger partial charge in [-0.15, -0.1) is 12.8 Å². The number of unbranched alkanes of at least 4 members (excludes halogenated alkanes) is 2. The third-order valence-electron chi connectivity index (χ3n) is 1.09. The second kappa shape index (κ2) is 11.7. The summed E-state index contributed by atoms with van der Waals surface area (Å²) in [5.41, 5.74) is 5.20. The van der Waals surface area contributed by atoms with Gasteiger partial charge in [-0.05, 0) is 19.4 Å². The van der Waals surface area contributed by atoms with Gasteiger partial charge < -0.3 is 10.8 Å². The molecule has 0 saturated carbocycles. The highest BCUT2D eigenvalue weighted by atomic mass is 16.4. The van der Waals surface area contributed by atoms with Crippen LogP contribution in [0.3, 0.4) is 0 Å². The highest BCUT2D eigenvalue weighted by Crippen LogP contribution is 1.97. The van der Waals surface area contributed by atoms with Crippen molar-refractivity contribution < 1.29 is 9.90 Å². The van der Waals surface area contributed by atoms with Crippen molar-refractivity contribution in [2.75, 3.05) is 6.54 Å². The largest absolute Gasteiger partial charge is 0.481 e. The fourth-order valence-corrected chi connectivity index (χ4v) is 0.597. The van der Waals surface area contributed by atoms with Gasteiger partial charge in [0.2, 0.25) is 0 Å². The van der Waals surface area contributed by atoms with Crippen molar-refractivity contribution in [1.82, 2.24) is 0 Å². The summed E-state index contributed by atoms with van der Waals surface area (Å²) in [5.74, 6) is -0.716. The van der Waals surface area contributed by atoms with E-state index in [-0.39, 0.29) is 6.42 Å². The fourth-order valence-electron chi connectivity index (χ4n) is 0.597. The van der Waals surface area contributed by atoms with Gasteiger partial charge in [-0.3, -0.25) is 4.79 Å². The fraction of sp³-hybridized carbons (Fsp3) is 0.625. The van der Waals surface area contributed by atoms with Gasteiger partial charge in [-0.25, -0.2) is 0 Å². The standard InChI is InChI=1S/C6H13NO2.C2H2/c7-5-3-1-2-4-6(8)9;1-2/h1-5,7H2,(H,8,9);1-2H. The van der Waals surface area contributed by atoms with Gasteiger partial charge in [0.15, 0.2) is 0 Å². The van der Waals surface area contributed by atoms with E-state index < -0.39 is 5.97 Å². The van der Waals surface area contributed by atoms with Crippen LogP contribution in [0.4, 0.5) is 0 Å². The van der Waals surface area contributed by atoms with E-state index in [1.807, 2.05) is 0 Å². The van der Waals surface area contributed by atoms with Crippen LogP contribution < -0.4 is 5.73 Å². The Hall–Kier alpha value is -1.01. The lowest BCUT2D eigenvalue weighted by Crippen LogP contribution is -1.99. The Morgan fingerprint density at radius 2 is 1.82 bits per heavy atom. The summed E-state index contributed by atoms with van der Waals surface area (Å²) >= 11 is 0. The van der Waals surface area contributed by atoms with E-state index in [0.717, 1.165) is 19.3 Å². The second-order valence-electron chi connectivity index (χ2n) is 1.99. The van der Waals surface area contributed by atoms with Crippen molar-refractivity contribution >= 4 is 5.97 Å². The van der Waals surface area contributed by atoms with Crippen LogP contribution in [-0.2, 0) is 4.79 Å². The molecule has 0 unspecified atom stereocenters. The third-order valence-corrected chi connectivity index (χ3v) is 1.09. The summed E-state index contributed by atoms with van der Waals surface area (Å²) in [7, 11) is 0. The molecule has 3 heteroatoms. The van der Waals surface area contributed by atoms with E-state index in [1.54, 1.807) is 0 Å². The highest BCUT2D eigenvalue weighted by molar-refractivity contribution is 5.66. The van der Waals surface area contributed by atoms with Gasteiger partial charge in [0.25, 0.3) is 0 Å². The normalized spacial score (nSPS) is 7.91. The lowest BCUT2D eigenvalue weighted by atomic mass is 10.2. The topological polar surface area (TPSA) is 63.3 Å². The van der Waals surface area contributed by atoms with Crippen molar-refractivity contribution in [3.63, 3.8) is 0 Å². The first-order chi connectivity index (χ1) is 5.27. The molecule has 0 aliphatic heterocycles. The van der Waals surface area contributed by atoms with Crippen molar-refractivity contribution in [3.8, 4) is 12.8 Å². The molecule has 0 fully saturated rings. The Balaban J connectivity index is 0. The Labute approximate surface area is 67.6 Å². The van der Waals surface area contributed by atoms with Crippen LogP contribution in [0.1, 0.15) is 25.7 Å². The van der Waals surface area contributed by atoms with Gasteiger partial charge in [-0.1, -0.05) is 6.42 Å². The molecule has 0 aromatic rings. The first-order valence-corrected chi connectivity index (χ1v) is 3.52. The van der Waals surface area contributed by atoms with Crippen LogP contribution in [0.15, 0.2) is 0 Å². The number of carbonyl (C=O) groups is 1. The number of terminal acetylenes is 1. The predicted molar refractivity (Wildman–Crippen MR) is 45.0 cm³/mol. The Bertz CT molecular complexity index is 110. The van der Waals surface area contributed by atoms with E-state index in [0.29, 0.717) is 6.54 Å². The molecule has 0 saturated heterocycles. The maximum Gasteiger partial charge on any atom is 0.303 e. The summed E-state index contributed by atoms with van der Waals surface area (Å²) in [6.07, 6.45) is 10.9. The van der Waals surface area contributed by atoms with Crippen molar-refractivity contribution in [1.29, 1.82) is 0 Å². The van der Waals surface area contributed by atoms with E-state index in [4.69, 9.17) is 10.8 Å². The smallest absolute Gasteiger partial charge is 0.303 e. The number of carboxylic acids is 1. The molecule has 0 rings (SSSR count). The quantitative estimate of drug-likeness (QED) is 0.459. The molecule has 3 N–H and O–H groups in total. The first kappa shape index (κ1) is 12.6. The number of carboxylic acid groups (broad SMARTS) is 1. The molecule has 3 nitrogen and oxygen atoms in total. The summed E-state index contributed by atoms with van der Waals surface area (Å²) in [4.78, 5) is 9.93. The zero-order chi connectivity index (χ0) is 9.11. The van der Waals surface area contributed by atoms with E-state index in [2.05, 4.69) is 12.8 Å². The van der Waals surface area contributed by atoms with E-state index in [9.17, 15) is 4.79 Å². The van der Waals surface area contributed by atoms with Crippen LogP contribution in [0, 0.1) is 12.8 Å². The maximum absolute atomic E-state index is 9.93. The van der Waals surface area contributed by atoms with Gasteiger partial charge in [-0.2, -0.15) is 0 Å². The number of rotatable bonds is 5. The minimum Gasteiger partial charge on any atom is -0.481 e. The van der Waals surface area contributed by atoms with Crippen LogP contribution in [-0.4, -0.2) is 17.6 Å². The van der Waals surface area contributed by atoms with Crippen LogP contribution in [0.25, 0.3) is 0 Å². The molecule has 0 amide bonds. The minimum atomic E-state index is -0.716. The summed E-state index contributed by atoms with van der Waals surface area (Å²) in [6, 6.07) is 0. The molecule has 0 spiro atoms. The number of aliphatic carboxylic acids is 1. The zero-order valence-corrected chi connectivity index (χ0v) is 6.62. The molecule has 11 heavy (non-hydrogen) atoms. The van der Waals surface area contributed by atoms with Crippen molar-refractivity contribution in [3.05, 3.63) is 0 Å². The van der Waals surface area contributed by atoms with Crippen LogP contribution in [0.5, 0.6) is 0 Å². The third kappa shape index (κ3) is 17.6. The summed E-state index contributed by atoms with van der Waals surface area (Å²) < 4.78 is 0. The molecule has 0 atom stereocenters. The minimum absolute atomic E-state index is 0.278. The van der Waals surface area contributed by atoms with Crippen LogP contribution >= 0.6 is 0 Å². The average molecular weight is 157 g/mol. The van der Waals surface area contributed by atoms with E-state index >= 15 is 0 Å². The molecular weight excluding hydrogens is 142 g/mol. The SMILES string of the molecule is C#C.NCCCCCC(=O)O. The Kier molecular flexibility index (Phi) is 13.5. The van der Waals surface area contributed by atoms with Crippen molar-refractivity contribution in [2.24, 2.45) is 5.73 Å². The Morgan fingerprint density at radius 1 is 1.27 bits per heavy atom. The summed E-state index contributed by atoms with van der Waals surface area (Å²) in [6.45, 7) is 0.666. The van der Waals surface area contributed by atoms with Gasteiger partial charge in [0.05, 0.1) is 0 Å². The molecule has 0 bridgehead atoms. The monoisotopic (exact) mass is 157 g/mol. The number of hydrogen-bond donors (Lipinski definition) is 2. The molecule has 64 valence electrons. The lowest BCUT2D eigenvalue weighted by molar-refractivity contribution is -0.137. The number of hydrogen-bond acceptors (Lipinski definition) is 2. The molecule has 0 aromatic heterocycles. The zero-order valence-electron chi connectivity index (χ0n) is 6.62. The maximum atomic E-state index is 9.93. The van der Waals surface area contributed by atoms with E-state index in [1.165, 1.54) is 0 Å².